The molecule has 0 aliphatic carbocycles. The van der Waals surface area contributed by atoms with Gasteiger partial charge in [-0.1, -0.05) is 53.0 Å². The average molecular weight is 378 g/mol. The second kappa shape index (κ2) is 6.27. The maximum absolute atomic E-state index is 12.2. The Kier molecular flexibility index (Phi) is 4.91. The molecule has 0 radical (unpaired) electrons. The van der Waals surface area contributed by atoms with Crippen LogP contribution in [-0.2, 0) is 6.42 Å². The van der Waals surface area contributed by atoms with Crippen LogP contribution in [0.3, 0.4) is 0 Å². The summed E-state index contributed by atoms with van der Waals surface area (Å²) in [5.41, 5.74) is 1.25. The van der Waals surface area contributed by atoms with Crippen molar-refractivity contribution in [1.29, 1.82) is 0 Å². The summed E-state index contributed by atoms with van der Waals surface area (Å²) in [4.78, 5) is 12.2. The van der Waals surface area contributed by atoms with Crippen molar-refractivity contribution in [2.75, 3.05) is 0 Å². The SMILES string of the molecule is O=C(Cc1cccc(Cl)c1Cl)c1ccc(Br)c(Cl)c1. The van der Waals surface area contributed by atoms with E-state index in [0.717, 1.165) is 4.47 Å². The first-order valence-electron chi connectivity index (χ1n) is 5.40. The highest BCUT2D eigenvalue weighted by molar-refractivity contribution is 9.10. The summed E-state index contributed by atoms with van der Waals surface area (Å²) in [6.45, 7) is 0. The van der Waals surface area contributed by atoms with Gasteiger partial charge in [0.05, 0.1) is 15.1 Å². The fraction of sp³-hybridized carbons (Fsp3) is 0.0714. The Morgan fingerprint density at radius 3 is 2.47 bits per heavy atom. The van der Waals surface area contributed by atoms with E-state index < -0.39 is 0 Å². The fourth-order valence-corrected chi connectivity index (χ4v) is 2.44. The Hall–Kier alpha value is -0.540. The minimum absolute atomic E-state index is 0.0569. The molecule has 19 heavy (non-hydrogen) atoms. The molecule has 0 saturated heterocycles. The van der Waals surface area contributed by atoms with Gasteiger partial charge in [0.2, 0.25) is 0 Å². The molecule has 0 atom stereocenters. The lowest BCUT2D eigenvalue weighted by Crippen LogP contribution is -2.04. The molecule has 0 unspecified atom stereocenters. The molecule has 0 N–H and O–H groups in total. The first kappa shape index (κ1) is 14.9. The third kappa shape index (κ3) is 3.51. The monoisotopic (exact) mass is 376 g/mol. The molecule has 0 saturated carbocycles. The van der Waals surface area contributed by atoms with Gasteiger partial charge in [0.15, 0.2) is 5.78 Å². The van der Waals surface area contributed by atoms with E-state index in [-0.39, 0.29) is 12.2 Å². The van der Waals surface area contributed by atoms with Crippen LogP contribution in [0, 0.1) is 0 Å². The minimum atomic E-state index is -0.0569. The number of hydrogen-bond donors (Lipinski definition) is 0. The lowest BCUT2D eigenvalue weighted by atomic mass is 10.0. The second-order valence-corrected chi connectivity index (χ2v) is 5.99. The van der Waals surface area contributed by atoms with Crippen molar-refractivity contribution < 1.29 is 4.79 Å². The van der Waals surface area contributed by atoms with Crippen LogP contribution in [0.1, 0.15) is 15.9 Å². The average Bonchev–Trinajstić information content (AvgIpc) is 2.38. The smallest absolute Gasteiger partial charge is 0.167 e. The van der Waals surface area contributed by atoms with E-state index in [1.807, 2.05) is 0 Å². The largest absolute Gasteiger partial charge is 0.294 e. The van der Waals surface area contributed by atoms with Gasteiger partial charge in [-0.2, -0.15) is 0 Å². The molecule has 0 heterocycles. The molecule has 0 aliphatic heterocycles. The van der Waals surface area contributed by atoms with Crippen LogP contribution in [0.4, 0.5) is 0 Å². The van der Waals surface area contributed by atoms with Gasteiger partial charge < -0.3 is 0 Å². The van der Waals surface area contributed by atoms with E-state index in [2.05, 4.69) is 15.9 Å². The fourth-order valence-electron chi connectivity index (χ4n) is 1.63. The Morgan fingerprint density at radius 2 is 1.79 bits per heavy atom. The van der Waals surface area contributed by atoms with E-state index in [4.69, 9.17) is 34.8 Å². The van der Waals surface area contributed by atoms with Crippen LogP contribution in [-0.4, -0.2) is 5.78 Å². The van der Waals surface area contributed by atoms with Gasteiger partial charge in [-0.25, -0.2) is 0 Å². The number of halogens is 4. The van der Waals surface area contributed by atoms with Gasteiger partial charge in [0.25, 0.3) is 0 Å². The van der Waals surface area contributed by atoms with Crippen LogP contribution in [0.5, 0.6) is 0 Å². The molecule has 2 aromatic rings. The molecule has 1 nitrogen and oxygen atoms in total. The van der Waals surface area contributed by atoms with E-state index in [1.54, 1.807) is 36.4 Å². The molecule has 0 bridgehead atoms. The zero-order chi connectivity index (χ0) is 14.0. The molecule has 5 heteroatoms. The lowest BCUT2D eigenvalue weighted by Gasteiger charge is -2.06. The second-order valence-electron chi connectivity index (χ2n) is 3.94. The van der Waals surface area contributed by atoms with E-state index in [1.165, 1.54) is 0 Å². The van der Waals surface area contributed by atoms with Gasteiger partial charge in [0.1, 0.15) is 0 Å². The molecular weight excluding hydrogens is 370 g/mol. The zero-order valence-electron chi connectivity index (χ0n) is 9.59. The van der Waals surface area contributed by atoms with Crippen molar-refractivity contribution in [2.24, 2.45) is 0 Å². The first-order chi connectivity index (χ1) is 8.99. The highest BCUT2D eigenvalue weighted by atomic mass is 79.9. The van der Waals surface area contributed by atoms with Crippen molar-refractivity contribution >= 4 is 56.5 Å². The molecule has 0 spiro atoms. The molecule has 0 aliphatic rings. The Labute approximate surface area is 134 Å². The summed E-state index contributed by atoms with van der Waals surface area (Å²) in [5.74, 6) is -0.0569. The van der Waals surface area contributed by atoms with Crippen LogP contribution in [0.25, 0.3) is 0 Å². The van der Waals surface area contributed by atoms with Crippen molar-refractivity contribution in [3.05, 3.63) is 67.1 Å². The van der Waals surface area contributed by atoms with Gasteiger partial charge in [-0.15, -0.1) is 0 Å². The van der Waals surface area contributed by atoms with E-state index >= 15 is 0 Å². The molecule has 98 valence electrons. The van der Waals surface area contributed by atoms with Gasteiger partial charge in [-0.3, -0.25) is 4.79 Å². The van der Waals surface area contributed by atoms with Crippen molar-refractivity contribution in [2.45, 2.75) is 6.42 Å². The topological polar surface area (TPSA) is 17.1 Å². The quantitative estimate of drug-likeness (QED) is 0.614. The molecule has 2 rings (SSSR count). The van der Waals surface area contributed by atoms with Crippen LogP contribution in [0.15, 0.2) is 40.9 Å². The predicted octanol–water partition coefficient (Wildman–Crippen LogP) is 5.83. The Bertz CT molecular complexity index is 641. The predicted molar refractivity (Wildman–Crippen MR) is 83.6 cm³/mol. The number of hydrogen-bond acceptors (Lipinski definition) is 1. The summed E-state index contributed by atoms with van der Waals surface area (Å²) in [5, 5.41) is 1.37. The summed E-state index contributed by atoms with van der Waals surface area (Å²) in [6.07, 6.45) is 0.192. The third-order valence-corrected chi connectivity index (χ3v) is 4.71. The molecule has 2 aromatic carbocycles. The summed E-state index contributed by atoms with van der Waals surface area (Å²) >= 11 is 21.2. The van der Waals surface area contributed by atoms with Crippen molar-refractivity contribution in [3.63, 3.8) is 0 Å². The van der Waals surface area contributed by atoms with Crippen molar-refractivity contribution in [1.82, 2.24) is 0 Å². The summed E-state index contributed by atoms with van der Waals surface area (Å²) in [6, 6.07) is 10.3. The van der Waals surface area contributed by atoms with Crippen molar-refractivity contribution in [3.8, 4) is 0 Å². The van der Waals surface area contributed by atoms with Crippen LogP contribution in [0.2, 0.25) is 15.1 Å². The van der Waals surface area contributed by atoms with Gasteiger partial charge in [-0.05, 0) is 39.7 Å². The Balaban J connectivity index is 2.26. The third-order valence-electron chi connectivity index (χ3n) is 2.62. The standard InChI is InChI=1S/C14H8BrCl3O/c15-10-5-4-8(6-12(10)17)13(19)7-9-2-1-3-11(16)14(9)18/h1-6H,7H2. The zero-order valence-corrected chi connectivity index (χ0v) is 13.4. The van der Waals surface area contributed by atoms with E-state index in [9.17, 15) is 4.79 Å². The number of carbonyl (C=O) groups excluding carboxylic acids is 1. The number of ketones is 1. The summed E-state index contributed by atoms with van der Waals surface area (Å²) < 4.78 is 0.756. The normalized spacial score (nSPS) is 10.5. The Morgan fingerprint density at radius 1 is 1.05 bits per heavy atom. The van der Waals surface area contributed by atoms with Gasteiger partial charge in [0, 0.05) is 16.5 Å². The number of benzene rings is 2. The molecule has 0 fully saturated rings. The highest BCUT2D eigenvalue weighted by Crippen LogP contribution is 2.28. The highest BCUT2D eigenvalue weighted by Gasteiger charge is 2.12. The van der Waals surface area contributed by atoms with Crippen LogP contribution < -0.4 is 0 Å². The van der Waals surface area contributed by atoms with Gasteiger partial charge >= 0.3 is 0 Å². The number of Topliss-reactive ketones (excluding diaryl/α,β-unsaturated/α-hetero) is 1. The van der Waals surface area contributed by atoms with Crippen LogP contribution >= 0.6 is 50.7 Å². The first-order valence-corrected chi connectivity index (χ1v) is 7.33. The number of rotatable bonds is 3. The number of carbonyl (C=O) groups is 1. The minimum Gasteiger partial charge on any atom is -0.294 e. The van der Waals surface area contributed by atoms with E-state index in [0.29, 0.717) is 26.2 Å². The maximum Gasteiger partial charge on any atom is 0.167 e. The molecule has 0 amide bonds. The lowest BCUT2D eigenvalue weighted by molar-refractivity contribution is 0.0993. The maximum atomic E-state index is 12.2. The summed E-state index contributed by atoms with van der Waals surface area (Å²) in [7, 11) is 0. The molecule has 0 aromatic heterocycles. The molecular formula is C14H8BrCl3O.